The van der Waals surface area contributed by atoms with E-state index in [0.29, 0.717) is 27.5 Å². The maximum atomic E-state index is 12.9. The number of aryl methyl sites for hydroxylation is 1. The lowest BCUT2D eigenvalue weighted by Gasteiger charge is -2.28. The summed E-state index contributed by atoms with van der Waals surface area (Å²) in [6, 6.07) is 12.4. The number of fused-ring (bicyclic) bond motifs is 1. The molecule has 0 spiro atoms. The summed E-state index contributed by atoms with van der Waals surface area (Å²) in [5, 5.41) is 1.15. The number of carbonyl (C=O) groups is 1. The van der Waals surface area contributed by atoms with Gasteiger partial charge in [-0.3, -0.25) is 9.59 Å². The van der Waals surface area contributed by atoms with Crippen molar-refractivity contribution >= 4 is 28.4 Å². The van der Waals surface area contributed by atoms with Gasteiger partial charge >= 0.3 is 0 Å². The monoisotopic (exact) mass is 413 g/mol. The lowest BCUT2D eigenvalue weighted by Crippen LogP contribution is -2.41. The molecule has 1 N–H and O–H groups in total. The van der Waals surface area contributed by atoms with Gasteiger partial charge in [0.2, 0.25) is 0 Å². The molecule has 3 rings (SSSR count). The van der Waals surface area contributed by atoms with Crippen LogP contribution >= 0.6 is 11.6 Å². The summed E-state index contributed by atoms with van der Waals surface area (Å²) in [5.74, 6) is 0.888. The van der Waals surface area contributed by atoms with Gasteiger partial charge in [-0.05, 0) is 56.2 Å². The molecule has 7 heteroatoms. The first kappa shape index (κ1) is 20.9. The molecular formula is C22H24ClN3O3. The number of nitrogens with one attached hydrogen (secondary N) is 1. The maximum absolute atomic E-state index is 12.9. The minimum Gasteiger partial charge on any atom is -0.483 e. The smallest absolute Gasteiger partial charge is 0.261 e. The highest BCUT2D eigenvalue weighted by Gasteiger charge is 2.21. The van der Waals surface area contributed by atoms with E-state index in [2.05, 4.69) is 9.97 Å². The quantitative estimate of drug-likeness (QED) is 0.633. The van der Waals surface area contributed by atoms with E-state index in [9.17, 15) is 9.59 Å². The van der Waals surface area contributed by atoms with Crippen molar-refractivity contribution in [3.05, 3.63) is 69.2 Å². The molecule has 2 aromatic carbocycles. The molecule has 0 saturated carbocycles. The largest absolute Gasteiger partial charge is 0.483 e. The summed E-state index contributed by atoms with van der Waals surface area (Å²) in [6.45, 7) is 5.94. The van der Waals surface area contributed by atoms with E-state index in [0.717, 1.165) is 12.0 Å². The number of hydrogen-bond acceptors (Lipinski definition) is 4. The highest BCUT2D eigenvalue weighted by atomic mass is 35.5. The Morgan fingerprint density at radius 3 is 2.76 bits per heavy atom. The van der Waals surface area contributed by atoms with Crippen molar-refractivity contribution in [2.24, 2.45) is 0 Å². The van der Waals surface area contributed by atoms with E-state index < -0.39 is 0 Å². The number of hydrogen-bond donors (Lipinski definition) is 1. The van der Waals surface area contributed by atoms with E-state index in [-0.39, 0.29) is 30.7 Å². The highest BCUT2D eigenvalue weighted by molar-refractivity contribution is 6.30. The molecule has 29 heavy (non-hydrogen) atoms. The fourth-order valence-electron chi connectivity index (χ4n) is 3.08. The number of nitrogens with zero attached hydrogens (tertiary/aromatic N) is 2. The third kappa shape index (κ3) is 4.95. The number of benzene rings is 2. The van der Waals surface area contributed by atoms with Crippen molar-refractivity contribution in [3.63, 3.8) is 0 Å². The zero-order valence-corrected chi connectivity index (χ0v) is 17.5. The fraction of sp³-hybridized carbons (Fsp3) is 0.318. The zero-order chi connectivity index (χ0) is 21.0. The van der Waals surface area contributed by atoms with Gasteiger partial charge in [-0.15, -0.1) is 0 Å². The van der Waals surface area contributed by atoms with E-state index in [4.69, 9.17) is 16.3 Å². The molecular weight excluding hydrogens is 390 g/mol. The van der Waals surface area contributed by atoms with Crippen LogP contribution in [0.15, 0.2) is 47.3 Å². The Morgan fingerprint density at radius 1 is 1.28 bits per heavy atom. The lowest BCUT2D eigenvalue weighted by atomic mass is 10.2. The Bertz CT molecular complexity index is 1080. The van der Waals surface area contributed by atoms with Crippen molar-refractivity contribution in [2.45, 2.75) is 39.8 Å². The van der Waals surface area contributed by atoms with E-state index >= 15 is 0 Å². The van der Waals surface area contributed by atoms with Gasteiger partial charge in [0.1, 0.15) is 11.6 Å². The minimum atomic E-state index is -0.213. The van der Waals surface area contributed by atoms with Crippen LogP contribution in [0.1, 0.15) is 31.7 Å². The minimum absolute atomic E-state index is 0.0332. The molecule has 0 fully saturated rings. The average Bonchev–Trinajstić information content (AvgIpc) is 2.70. The predicted octanol–water partition coefficient (Wildman–Crippen LogP) is 4.09. The van der Waals surface area contributed by atoms with Crippen molar-refractivity contribution in [1.29, 1.82) is 0 Å². The second-order valence-electron chi connectivity index (χ2n) is 7.01. The first-order valence-corrected chi connectivity index (χ1v) is 9.93. The number of para-hydroxylation sites is 1. The molecule has 0 bridgehead atoms. The summed E-state index contributed by atoms with van der Waals surface area (Å²) in [4.78, 5) is 34.2. The lowest BCUT2D eigenvalue weighted by molar-refractivity contribution is -0.136. The van der Waals surface area contributed by atoms with E-state index in [1.807, 2.05) is 26.8 Å². The van der Waals surface area contributed by atoms with Gasteiger partial charge in [-0.2, -0.15) is 0 Å². The van der Waals surface area contributed by atoms with Gasteiger partial charge in [0, 0.05) is 11.1 Å². The molecule has 3 aromatic rings. The Hall–Kier alpha value is -2.86. The number of H-pyrrole nitrogens is 1. The molecule has 0 aliphatic rings. The van der Waals surface area contributed by atoms with E-state index in [1.54, 1.807) is 41.3 Å². The summed E-state index contributed by atoms with van der Waals surface area (Å²) in [5.41, 5.74) is 1.26. The molecule has 152 valence electrons. The fourth-order valence-corrected chi connectivity index (χ4v) is 3.31. The SMILES string of the molecule is CCC(C)N(Cc1nc2ccccc2c(=O)[nH]1)C(=O)COc1ccc(Cl)cc1C. The second kappa shape index (κ2) is 9.09. The Morgan fingerprint density at radius 2 is 2.03 bits per heavy atom. The summed E-state index contributed by atoms with van der Waals surface area (Å²) < 4.78 is 5.72. The third-order valence-electron chi connectivity index (χ3n) is 4.91. The number of aromatic nitrogens is 2. The van der Waals surface area contributed by atoms with Gasteiger partial charge in [-0.1, -0.05) is 30.7 Å². The molecule has 6 nitrogen and oxygen atoms in total. The van der Waals surface area contributed by atoms with Crippen LogP contribution in [0.25, 0.3) is 10.9 Å². The molecule has 0 aliphatic heterocycles. The molecule has 1 aromatic heterocycles. The van der Waals surface area contributed by atoms with Crippen LogP contribution in [0.5, 0.6) is 5.75 Å². The normalized spacial score (nSPS) is 12.0. The van der Waals surface area contributed by atoms with Crippen molar-refractivity contribution < 1.29 is 9.53 Å². The van der Waals surface area contributed by atoms with Crippen molar-refractivity contribution in [3.8, 4) is 5.75 Å². The first-order chi connectivity index (χ1) is 13.9. The van der Waals surface area contributed by atoms with Crippen LogP contribution < -0.4 is 10.3 Å². The van der Waals surface area contributed by atoms with E-state index in [1.165, 1.54) is 0 Å². The highest BCUT2D eigenvalue weighted by Crippen LogP contribution is 2.22. The second-order valence-corrected chi connectivity index (χ2v) is 7.44. The third-order valence-corrected chi connectivity index (χ3v) is 5.15. The van der Waals surface area contributed by atoms with Crippen molar-refractivity contribution in [1.82, 2.24) is 14.9 Å². The number of halogens is 1. The molecule has 1 atom stereocenters. The average molecular weight is 414 g/mol. The molecule has 1 heterocycles. The van der Waals surface area contributed by atoms with Crippen LogP contribution in [-0.4, -0.2) is 33.4 Å². The molecule has 0 radical (unpaired) electrons. The molecule has 0 aliphatic carbocycles. The number of ether oxygens (including phenoxy) is 1. The van der Waals surface area contributed by atoms with Crippen LogP contribution in [0.4, 0.5) is 0 Å². The first-order valence-electron chi connectivity index (χ1n) is 9.55. The number of aromatic amines is 1. The molecule has 0 saturated heterocycles. The van der Waals surface area contributed by atoms with Gasteiger partial charge in [-0.25, -0.2) is 4.98 Å². The standard InChI is InChI=1S/C22H24ClN3O3/c1-4-15(3)26(21(27)13-29-19-10-9-16(23)11-14(19)2)12-20-24-18-8-6-5-7-17(18)22(28)25-20/h5-11,15H,4,12-13H2,1-3H3,(H,24,25,28). The molecule has 1 amide bonds. The van der Waals surface area contributed by atoms with Gasteiger partial charge in [0.05, 0.1) is 17.4 Å². The van der Waals surface area contributed by atoms with Gasteiger partial charge in [0.15, 0.2) is 6.61 Å². The zero-order valence-electron chi connectivity index (χ0n) is 16.7. The maximum Gasteiger partial charge on any atom is 0.261 e. The number of carbonyl (C=O) groups excluding carboxylic acids is 1. The Balaban J connectivity index is 1.79. The summed E-state index contributed by atoms with van der Waals surface area (Å²) >= 11 is 5.97. The van der Waals surface area contributed by atoms with Crippen LogP contribution in [0, 0.1) is 6.92 Å². The number of rotatable bonds is 7. The Kier molecular flexibility index (Phi) is 6.54. The number of amides is 1. The van der Waals surface area contributed by atoms with Crippen molar-refractivity contribution in [2.75, 3.05) is 6.61 Å². The Labute approximate surface area is 174 Å². The molecule has 1 unspecified atom stereocenters. The van der Waals surface area contributed by atoms with Crippen LogP contribution in [0.2, 0.25) is 5.02 Å². The predicted molar refractivity (Wildman–Crippen MR) is 114 cm³/mol. The summed E-state index contributed by atoms with van der Waals surface area (Å²) in [6.07, 6.45) is 0.767. The van der Waals surface area contributed by atoms with Crippen LogP contribution in [0.3, 0.4) is 0 Å². The summed E-state index contributed by atoms with van der Waals surface area (Å²) in [7, 11) is 0. The van der Waals surface area contributed by atoms with Crippen LogP contribution in [-0.2, 0) is 11.3 Å². The van der Waals surface area contributed by atoms with Gasteiger partial charge < -0.3 is 14.6 Å². The topological polar surface area (TPSA) is 75.3 Å². The van der Waals surface area contributed by atoms with Gasteiger partial charge in [0.25, 0.3) is 11.5 Å².